The van der Waals surface area contributed by atoms with Crippen LogP contribution in [0.4, 0.5) is 5.82 Å². The predicted molar refractivity (Wildman–Crippen MR) is 125 cm³/mol. The van der Waals surface area contributed by atoms with Crippen LogP contribution in [0.2, 0.25) is 0 Å². The molecule has 0 saturated heterocycles. The van der Waals surface area contributed by atoms with Gasteiger partial charge in [0.1, 0.15) is 28.4 Å². The van der Waals surface area contributed by atoms with Gasteiger partial charge in [-0.05, 0) is 44.5 Å². The molecule has 1 aliphatic rings. The molecule has 2 aromatic carbocycles. The molecular weight excluding hydrogens is 456 g/mol. The Morgan fingerprint density at radius 1 is 1.11 bits per heavy atom. The lowest BCUT2D eigenvalue weighted by Crippen LogP contribution is -2.13. The normalized spacial score (nSPS) is 12.1. The lowest BCUT2D eigenvalue weighted by atomic mass is 10.00. The van der Waals surface area contributed by atoms with Gasteiger partial charge in [-0.15, -0.1) is 0 Å². The monoisotopic (exact) mass is 480 g/mol. The van der Waals surface area contributed by atoms with Gasteiger partial charge in [0.25, 0.3) is 0 Å². The molecule has 0 bridgehead atoms. The molecule has 4 N–H and O–H groups in total. The number of anilines is 1. The van der Waals surface area contributed by atoms with Crippen LogP contribution < -0.4 is 14.8 Å². The van der Waals surface area contributed by atoms with Crippen molar-refractivity contribution in [3.05, 3.63) is 63.8 Å². The number of rotatable bonds is 7. The fraction of sp³-hybridized carbons (Fsp3) is 0.240. The van der Waals surface area contributed by atoms with E-state index in [1.165, 1.54) is 13.0 Å². The van der Waals surface area contributed by atoms with Crippen LogP contribution in [0, 0.1) is 13.8 Å². The molecule has 10 nitrogen and oxygen atoms in total. The summed E-state index contributed by atoms with van der Waals surface area (Å²) in [6, 6.07) is 6.70. The molecule has 3 aromatic rings. The highest BCUT2D eigenvalue weighted by atomic mass is 16.6. The number of phenols is 2. The zero-order valence-electron chi connectivity index (χ0n) is 19.3. The van der Waals surface area contributed by atoms with Crippen molar-refractivity contribution in [2.75, 3.05) is 11.9 Å². The topological polar surface area (TPSA) is 147 Å². The second-order valence-electron chi connectivity index (χ2n) is 7.88. The Hall–Kier alpha value is -4.31. The first kappa shape index (κ1) is 23.8. The molecule has 0 atom stereocenters. The van der Waals surface area contributed by atoms with Crippen LogP contribution in [-0.2, 0) is 17.9 Å². The summed E-state index contributed by atoms with van der Waals surface area (Å²) < 4.78 is 17.2. The summed E-state index contributed by atoms with van der Waals surface area (Å²) in [4.78, 5) is 29.4. The van der Waals surface area contributed by atoms with E-state index in [4.69, 9.17) is 14.2 Å². The van der Waals surface area contributed by atoms with E-state index >= 15 is 0 Å². The van der Waals surface area contributed by atoms with Crippen LogP contribution in [0.3, 0.4) is 0 Å². The number of hydrogen-bond donors (Lipinski definition) is 4. The van der Waals surface area contributed by atoms with E-state index in [9.17, 15) is 24.9 Å². The lowest BCUT2D eigenvalue weighted by Gasteiger charge is -2.19. The van der Waals surface area contributed by atoms with E-state index in [1.54, 1.807) is 38.2 Å². The smallest absolute Gasteiger partial charge is 0.347 e. The summed E-state index contributed by atoms with van der Waals surface area (Å²) in [5.41, 5.74) is 0.329. The van der Waals surface area contributed by atoms with Crippen LogP contribution in [0.1, 0.15) is 49.9 Å². The Kier molecular flexibility index (Phi) is 6.48. The molecule has 0 saturated carbocycles. The third-order valence-electron chi connectivity index (χ3n) is 5.66. The highest BCUT2D eigenvalue weighted by Crippen LogP contribution is 2.50. The molecule has 1 aliphatic heterocycles. The molecule has 0 fully saturated rings. The number of carbonyl (C=O) groups is 2. The number of nitrogens with zero attached hydrogens (tertiary/aromatic N) is 1. The summed E-state index contributed by atoms with van der Waals surface area (Å²) in [5.74, 6) is -2.52. The maximum absolute atomic E-state index is 13.2. The van der Waals surface area contributed by atoms with Crippen molar-refractivity contribution in [2.24, 2.45) is 0 Å². The molecule has 2 heterocycles. The van der Waals surface area contributed by atoms with Crippen LogP contribution in [0.25, 0.3) is 0 Å². The number of pyridine rings is 1. The van der Waals surface area contributed by atoms with Crippen molar-refractivity contribution >= 4 is 17.8 Å². The molecule has 35 heavy (non-hydrogen) atoms. The predicted octanol–water partition coefficient (Wildman–Crippen LogP) is 4.28. The summed E-state index contributed by atoms with van der Waals surface area (Å²) in [6.45, 7) is 4.89. The number of nitrogens with one attached hydrogen (secondary N) is 1. The number of fused-ring (bicyclic) bond motifs is 2. The molecule has 0 spiro atoms. The first-order valence-corrected chi connectivity index (χ1v) is 10.8. The highest BCUT2D eigenvalue weighted by Gasteiger charge is 2.35. The van der Waals surface area contributed by atoms with Gasteiger partial charge in [0.05, 0.1) is 17.7 Å². The Bertz CT molecular complexity index is 1320. The largest absolute Gasteiger partial charge is 0.507 e. The maximum Gasteiger partial charge on any atom is 0.347 e. The van der Waals surface area contributed by atoms with Crippen molar-refractivity contribution in [3.63, 3.8) is 0 Å². The van der Waals surface area contributed by atoms with Crippen molar-refractivity contribution in [1.82, 2.24) is 4.98 Å². The van der Waals surface area contributed by atoms with E-state index in [0.29, 0.717) is 11.4 Å². The maximum atomic E-state index is 13.2. The Morgan fingerprint density at radius 3 is 2.54 bits per heavy atom. The average Bonchev–Trinajstić information content (AvgIpc) is 2.96. The summed E-state index contributed by atoms with van der Waals surface area (Å²) in [7, 11) is 0. The van der Waals surface area contributed by atoms with Gasteiger partial charge >= 0.3 is 11.9 Å². The molecule has 0 unspecified atom stereocenters. The molecule has 0 aliphatic carbocycles. The van der Waals surface area contributed by atoms with E-state index in [1.807, 2.05) is 0 Å². The highest BCUT2D eigenvalue weighted by molar-refractivity contribution is 6.00. The fourth-order valence-electron chi connectivity index (χ4n) is 3.93. The number of aromatic hydroxyl groups is 2. The first-order valence-electron chi connectivity index (χ1n) is 10.8. The number of carboxylic acid groups (broad SMARTS) is 1. The van der Waals surface area contributed by atoms with Crippen molar-refractivity contribution in [2.45, 2.75) is 33.9 Å². The number of hydrogen-bond acceptors (Lipinski definition) is 9. The minimum absolute atomic E-state index is 0.0159. The Morgan fingerprint density at radius 2 is 1.89 bits per heavy atom. The van der Waals surface area contributed by atoms with Crippen molar-refractivity contribution in [3.8, 4) is 28.7 Å². The number of aromatic nitrogens is 1. The van der Waals surface area contributed by atoms with Gasteiger partial charge in [0.15, 0.2) is 17.2 Å². The SMILES string of the molecule is CCOCc1c(O)c(C(=O)O)c(C)c2c1OC(=O)c1c(C)cc(O)c(CNc3ccccn3)c1O2. The number of carbonyl (C=O) groups excluding carboxylic acids is 1. The van der Waals surface area contributed by atoms with Gasteiger partial charge in [-0.3, -0.25) is 0 Å². The van der Waals surface area contributed by atoms with Crippen molar-refractivity contribution in [1.29, 1.82) is 0 Å². The fourth-order valence-corrected chi connectivity index (χ4v) is 3.93. The first-order chi connectivity index (χ1) is 16.7. The molecule has 182 valence electrons. The summed E-state index contributed by atoms with van der Waals surface area (Å²) >= 11 is 0. The quantitative estimate of drug-likeness (QED) is 0.285. The van der Waals surface area contributed by atoms with Gasteiger partial charge in [0, 0.05) is 24.9 Å². The van der Waals surface area contributed by atoms with Crippen molar-refractivity contribution < 1.29 is 39.1 Å². The van der Waals surface area contributed by atoms with Gasteiger partial charge in [-0.2, -0.15) is 0 Å². The van der Waals surface area contributed by atoms with E-state index < -0.39 is 23.3 Å². The van der Waals surface area contributed by atoms with E-state index in [0.717, 1.165) is 0 Å². The zero-order chi connectivity index (χ0) is 25.3. The van der Waals surface area contributed by atoms with Crippen LogP contribution >= 0.6 is 0 Å². The molecular formula is C25H24N2O8. The lowest BCUT2D eigenvalue weighted by molar-refractivity contribution is 0.0691. The number of benzene rings is 2. The van der Waals surface area contributed by atoms with E-state index in [2.05, 4.69) is 10.3 Å². The Labute approximate surface area is 200 Å². The average molecular weight is 480 g/mol. The van der Waals surface area contributed by atoms with Gasteiger partial charge in [-0.1, -0.05) is 6.07 Å². The Balaban J connectivity index is 1.91. The molecule has 10 heteroatoms. The molecule has 0 radical (unpaired) electrons. The number of aryl methyl sites for hydroxylation is 1. The molecule has 0 amide bonds. The number of phenolic OH excluding ortho intramolecular Hbond substituents is 1. The summed E-state index contributed by atoms with van der Waals surface area (Å²) in [6.07, 6.45) is 1.60. The van der Waals surface area contributed by atoms with E-state index in [-0.39, 0.29) is 65.0 Å². The number of esters is 1. The zero-order valence-corrected chi connectivity index (χ0v) is 19.3. The molecule has 4 rings (SSSR count). The van der Waals surface area contributed by atoms with Crippen LogP contribution in [0.15, 0.2) is 30.5 Å². The summed E-state index contributed by atoms with van der Waals surface area (Å²) in [5, 5.41) is 34.3. The van der Waals surface area contributed by atoms with Crippen LogP contribution in [-0.4, -0.2) is 38.8 Å². The third-order valence-corrected chi connectivity index (χ3v) is 5.66. The minimum Gasteiger partial charge on any atom is -0.507 e. The second kappa shape index (κ2) is 9.51. The number of carboxylic acids is 1. The van der Waals surface area contributed by atoms with Gasteiger partial charge in [-0.25, -0.2) is 14.6 Å². The minimum atomic E-state index is -1.39. The standard InChI is InChI=1S/C25H24N2O8/c1-4-33-11-15-20(29)19(24(30)31)13(3)21-23(15)35-25(32)18-12(2)9-16(28)14(22(18)34-21)10-27-17-7-5-6-8-26-17/h5-9,28-29H,4,10-11H2,1-3H3,(H,26,27)(H,30,31). The third kappa shape index (κ3) is 4.31. The number of aromatic carboxylic acids is 1. The molecule has 1 aromatic heterocycles. The van der Waals surface area contributed by atoms with Gasteiger partial charge < -0.3 is 34.8 Å². The second-order valence-corrected chi connectivity index (χ2v) is 7.88. The van der Waals surface area contributed by atoms with Crippen LogP contribution in [0.5, 0.6) is 28.7 Å². The number of ether oxygens (including phenoxy) is 3. The van der Waals surface area contributed by atoms with Gasteiger partial charge in [0.2, 0.25) is 0 Å².